The van der Waals surface area contributed by atoms with E-state index in [4.69, 9.17) is 23.1 Å². The number of halogens is 1. The third-order valence-electron chi connectivity index (χ3n) is 4.00. The first kappa shape index (κ1) is 15.9. The SMILES string of the molecule is NC(=O)c1sc2[nH+]c(NC3CC3)nc(-c3ccc(Cl)c(O)c3)c2c1N. The zero-order chi connectivity index (χ0) is 17.7. The molecule has 2 heterocycles. The third-order valence-corrected chi connectivity index (χ3v) is 5.45. The number of aromatic nitrogens is 2. The lowest BCUT2D eigenvalue weighted by Gasteiger charge is -2.04. The Morgan fingerprint density at radius 2 is 2.20 bits per heavy atom. The van der Waals surface area contributed by atoms with E-state index in [9.17, 15) is 9.90 Å². The number of aromatic hydroxyl groups is 1. The molecule has 2 aromatic heterocycles. The van der Waals surface area contributed by atoms with E-state index in [0.29, 0.717) is 33.5 Å². The summed E-state index contributed by atoms with van der Waals surface area (Å²) < 4.78 is 0. The number of aromatic amines is 1. The van der Waals surface area contributed by atoms with Crippen LogP contribution in [0.1, 0.15) is 22.5 Å². The summed E-state index contributed by atoms with van der Waals surface area (Å²) in [4.78, 5) is 20.4. The highest BCUT2D eigenvalue weighted by Crippen LogP contribution is 2.39. The molecule has 0 unspecified atom stereocenters. The van der Waals surface area contributed by atoms with E-state index in [1.807, 2.05) is 0 Å². The van der Waals surface area contributed by atoms with Crippen molar-refractivity contribution in [3.63, 3.8) is 0 Å². The molecule has 9 heteroatoms. The third kappa shape index (κ3) is 2.83. The van der Waals surface area contributed by atoms with Crippen LogP contribution >= 0.6 is 22.9 Å². The predicted octanol–water partition coefficient (Wildman–Crippen LogP) is 2.39. The largest absolute Gasteiger partial charge is 0.506 e. The number of carbonyl (C=O) groups excluding carboxylic acids is 1. The van der Waals surface area contributed by atoms with Gasteiger partial charge in [0.1, 0.15) is 10.6 Å². The van der Waals surface area contributed by atoms with E-state index in [0.717, 1.165) is 12.8 Å². The molecule has 0 radical (unpaired) electrons. The van der Waals surface area contributed by atoms with Crippen molar-refractivity contribution in [2.24, 2.45) is 5.73 Å². The molecule has 7 N–H and O–H groups in total. The Labute approximate surface area is 151 Å². The van der Waals surface area contributed by atoms with Gasteiger partial charge in [-0.1, -0.05) is 27.9 Å². The molecule has 1 aliphatic rings. The summed E-state index contributed by atoms with van der Waals surface area (Å²) in [6, 6.07) is 5.24. The van der Waals surface area contributed by atoms with Crippen LogP contribution in [-0.2, 0) is 0 Å². The Hall–Kier alpha value is -2.58. The molecule has 0 saturated heterocycles. The van der Waals surface area contributed by atoms with Crippen molar-refractivity contribution in [1.29, 1.82) is 0 Å². The fraction of sp³-hybridized carbons (Fsp3) is 0.188. The fourth-order valence-corrected chi connectivity index (χ4v) is 3.70. The van der Waals surface area contributed by atoms with Crippen LogP contribution in [0.25, 0.3) is 21.5 Å². The number of anilines is 2. The van der Waals surface area contributed by atoms with Crippen LogP contribution in [0.5, 0.6) is 5.75 Å². The summed E-state index contributed by atoms with van der Waals surface area (Å²) >= 11 is 7.09. The van der Waals surface area contributed by atoms with Crippen molar-refractivity contribution in [2.45, 2.75) is 18.9 Å². The number of nitrogens with zero attached hydrogens (tertiary/aromatic N) is 1. The smallest absolute Gasteiger partial charge is 0.391 e. The lowest BCUT2D eigenvalue weighted by molar-refractivity contribution is -0.328. The molecule has 7 nitrogen and oxygen atoms in total. The Morgan fingerprint density at radius 1 is 1.44 bits per heavy atom. The summed E-state index contributed by atoms with van der Waals surface area (Å²) in [6.07, 6.45) is 2.17. The number of thiophene rings is 1. The van der Waals surface area contributed by atoms with Crippen LogP contribution in [0.15, 0.2) is 18.2 Å². The Balaban J connectivity index is 1.97. The average Bonchev–Trinajstić information content (AvgIpc) is 3.31. The molecule has 3 aromatic rings. The lowest BCUT2D eigenvalue weighted by Crippen LogP contribution is -2.17. The van der Waals surface area contributed by atoms with Crippen LogP contribution in [0, 0.1) is 0 Å². The highest BCUT2D eigenvalue weighted by molar-refractivity contribution is 7.20. The van der Waals surface area contributed by atoms with Gasteiger partial charge in [0.2, 0.25) is 0 Å². The number of primary amides is 1. The van der Waals surface area contributed by atoms with Crippen LogP contribution < -0.4 is 21.8 Å². The molecule has 1 aromatic carbocycles. The molecule has 0 bridgehead atoms. The van der Waals surface area contributed by atoms with Gasteiger partial charge in [-0.3, -0.25) is 10.1 Å². The van der Waals surface area contributed by atoms with Crippen molar-refractivity contribution >= 4 is 50.7 Å². The standard InChI is InChI=1S/C16H14ClN5O2S/c17-8-4-1-6(5-9(8)23)12-10-11(18)13(14(19)24)25-15(10)22-16(21-12)20-7-2-3-7/h1,4-5,7,23H,2-3,18H2,(H2,19,24)(H,20,21,22)/p+1. The molecule has 1 aliphatic carbocycles. The van der Waals surface area contributed by atoms with Crippen molar-refractivity contribution in [3.05, 3.63) is 28.1 Å². The van der Waals surface area contributed by atoms with Gasteiger partial charge in [-0.05, 0) is 31.0 Å². The van der Waals surface area contributed by atoms with E-state index < -0.39 is 5.91 Å². The summed E-state index contributed by atoms with van der Waals surface area (Å²) in [5.74, 6) is -0.0620. The number of hydrogen-bond donors (Lipinski definition) is 4. The van der Waals surface area contributed by atoms with Gasteiger partial charge >= 0.3 is 5.95 Å². The first-order valence-electron chi connectivity index (χ1n) is 7.64. The summed E-state index contributed by atoms with van der Waals surface area (Å²) in [7, 11) is 0. The molecule has 1 amide bonds. The predicted molar refractivity (Wildman–Crippen MR) is 97.9 cm³/mol. The van der Waals surface area contributed by atoms with Gasteiger partial charge in [0.25, 0.3) is 5.91 Å². The van der Waals surface area contributed by atoms with Crippen LogP contribution in [0.2, 0.25) is 5.02 Å². The van der Waals surface area contributed by atoms with Crippen LogP contribution in [-0.4, -0.2) is 22.0 Å². The zero-order valence-electron chi connectivity index (χ0n) is 13.0. The number of nitrogens with two attached hydrogens (primary N) is 2. The Kier molecular flexibility index (Phi) is 3.66. The number of nitrogens with one attached hydrogen (secondary N) is 2. The maximum atomic E-state index is 11.7. The molecule has 25 heavy (non-hydrogen) atoms. The van der Waals surface area contributed by atoms with Gasteiger partial charge in [-0.2, -0.15) is 0 Å². The number of phenols is 1. The second-order valence-corrected chi connectivity index (χ2v) is 7.36. The molecule has 1 fully saturated rings. The number of phenolic OH excluding ortho intramolecular Hbond substituents is 1. The van der Waals surface area contributed by atoms with Crippen molar-refractivity contribution in [1.82, 2.24) is 4.98 Å². The lowest BCUT2D eigenvalue weighted by atomic mass is 10.1. The van der Waals surface area contributed by atoms with Crippen molar-refractivity contribution in [2.75, 3.05) is 11.1 Å². The van der Waals surface area contributed by atoms with E-state index in [1.54, 1.807) is 12.1 Å². The van der Waals surface area contributed by atoms with E-state index in [1.165, 1.54) is 17.4 Å². The Bertz CT molecular complexity index is 1020. The normalized spacial score (nSPS) is 14.0. The number of H-pyrrole nitrogens is 1. The van der Waals surface area contributed by atoms with Gasteiger partial charge in [0.05, 0.1) is 22.1 Å². The molecule has 128 valence electrons. The van der Waals surface area contributed by atoms with Gasteiger partial charge in [-0.15, -0.1) is 0 Å². The van der Waals surface area contributed by atoms with Crippen molar-refractivity contribution < 1.29 is 14.9 Å². The number of rotatable bonds is 4. The number of carbonyl (C=O) groups is 1. The maximum absolute atomic E-state index is 11.7. The van der Waals surface area contributed by atoms with Gasteiger partial charge in [-0.25, -0.2) is 4.98 Å². The summed E-state index contributed by atoms with van der Waals surface area (Å²) in [5.41, 5.74) is 13.0. The topological polar surface area (TPSA) is 128 Å². The quantitative estimate of drug-likeness (QED) is 0.555. The second kappa shape index (κ2) is 5.75. The second-order valence-electron chi connectivity index (χ2n) is 5.93. The van der Waals surface area contributed by atoms with Crippen LogP contribution in [0.4, 0.5) is 11.6 Å². The monoisotopic (exact) mass is 376 g/mol. The maximum Gasteiger partial charge on any atom is 0.391 e. The first-order valence-corrected chi connectivity index (χ1v) is 8.84. The molecular weight excluding hydrogens is 362 g/mol. The number of benzene rings is 1. The molecular formula is C16H15ClN5O2S+. The molecule has 1 saturated carbocycles. The number of nitrogen functional groups attached to an aromatic ring is 1. The van der Waals surface area contributed by atoms with Gasteiger partial charge in [0, 0.05) is 5.56 Å². The van der Waals surface area contributed by atoms with Gasteiger partial charge < -0.3 is 16.6 Å². The number of amides is 1. The van der Waals surface area contributed by atoms with Gasteiger partial charge in [0.15, 0.2) is 10.5 Å². The number of fused-ring (bicyclic) bond motifs is 1. The summed E-state index contributed by atoms with van der Waals surface area (Å²) in [5, 5.41) is 14.1. The minimum Gasteiger partial charge on any atom is -0.506 e. The summed E-state index contributed by atoms with van der Waals surface area (Å²) in [6.45, 7) is 0. The van der Waals surface area contributed by atoms with E-state index in [2.05, 4.69) is 15.3 Å². The molecule has 4 rings (SSSR count). The molecule has 0 aliphatic heterocycles. The first-order chi connectivity index (χ1) is 11.9. The molecule has 0 spiro atoms. The minimum atomic E-state index is -0.589. The minimum absolute atomic E-state index is 0.0532. The van der Waals surface area contributed by atoms with Crippen molar-refractivity contribution in [3.8, 4) is 17.0 Å². The highest BCUT2D eigenvalue weighted by atomic mass is 35.5. The van der Waals surface area contributed by atoms with Crippen LogP contribution in [0.3, 0.4) is 0 Å². The number of hydrogen-bond acceptors (Lipinski definition) is 6. The zero-order valence-corrected chi connectivity index (χ0v) is 14.5. The van der Waals surface area contributed by atoms with E-state index in [-0.39, 0.29) is 21.3 Å². The Morgan fingerprint density at radius 3 is 2.84 bits per heavy atom. The average molecular weight is 377 g/mol. The van der Waals surface area contributed by atoms with E-state index >= 15 is 0 Å². The highest BCUT2D eigenvalue weighted by Gasteiger charge is 2.29. The molecule has 0 atom stereocenters. The fourth-order valence-electron chi connectivity index (χ4n) is 2.61.